The van der Waals surface area contributed by atoms with Crippen molar-refractivity contribution in [1.29, 1.82) is 0 Å². The molecule has 2 aliphatic rings. The molecule has 1 spiro atoms. The number of hydrogen-bond donors (Lipinski definition) is 2. The van der Waals surface area contributed by atoms with Gasteiger partial charge in [0, 0.05) is 12.8 Å². The van der Waals surface area contributed by atoms with Crippen molar-refractivity contribution in [3.8, 4) is 0 Å². The van der Waals surface area contributed by atoms with Gasteiger partial charge in [-0.05, 0) is 31.5 Å². The number of nitrogens with one attached hydrogen (secondary N) is 1. The maximum Gasteiger partial charge on any atom is 0.144 e. The molecule has 0 bridgehead atoms. The van der Waals surface area contributed by atoms with Crippen LogP contribution in [0.25, 0.3) is 0 Å². The van der Waals surface area contributed by atoms with E-state index in [9.17, 15) is 0 Å². The lowest BCUT2D eigenvalue weighted by molar-refractivity contribution is -0.0274. The highest BCUT2D eigenvalue weighted by molar-refractivity contribution is 6.01. The molecule has 4 N–H and O–H groups in total. The molecule has 1 atom stereocenters. The van der Waals surface area contributed by atoms with E-state index >= 15 is 0 Å². The van der Waals surface area contributed by atoms with Crippen molar-refractivity contribution in [1.82, 2.24) is 11.5 Å². The molecule has 0 saturated carbocycles. The molecule has 2 heterocycles. The van der Waals surface area contributed by atoms with Crippen LogP contribution < -0.4 is 11.5 Å². The first kappa shape index (κ1) is 13.1. The predicted octanol–water partition coefficient (Wildman–Crippen LogP) is 2.49. The SMILES string of the molecule is N.c1ccc(C2=NOC3(CCCNCC3)C2)cc1. The van der Waals surface area contributed by atoms with Crippen LogP contribution >= 0.6 is 0 Å². The molecular weight excluding hydrogens is 226 g/mol. The predicted molar refractivity (Wildman–Crippen MR) is 73.2 cm³/mol. The Morgan fingerprint density at radius 3 is 2.78 bits per heavy atom. The van der Waals surface area contributed by atoms with Gasteiger partial charge in [-0.25, -0.2) is 0 Å². The minimum atomic E-state index is -0.0331. The Morgan fingerprint density at radius 2 is 1.94 bits per heavy atom. The van der Waals surface area contributed by atoms with E-state index in [1.54, 1.807) is 0 Å². The normalized spacial score (nSPS) is 27.0. The highest BCUT2D eigenvalue weighted by atomic mass is 16.7. The molecule has 1 aromatic rings. The average molecular weight is 247 g/mol. The van der Waals surface area contributed by atoms with Crippen LogP contribution in [0.1, 0.15) is 31.2 Å². The molecule has 1 aromatic carbocycles. The largest absolute Gasteiger partial charge is 0.389 e. The first-order valence-electron chi connectivity index (χ1n) is 6.39. The third-order valence-electron chi connectivity index (χ3n) is 3.69. The van der Waals surface area contributed by atoms with Gasteiger partial charge in [0.05, 0.1) is 5.71 Å². The summed E-state index contributed by atoms with van der Waals surface area (Å²) in [6, 6.07) is 10.4. The molecule has 2 aliphatic heterocycles. The van der Waals surface area contributed by atoms with E-state index < -0.39 is 0 Å². The average Bonchev–Trinajstić information content (AvgIpc) is 2.65. The molecule has 0 aromatic heterocycles. The molecule has 18 heavy (non-hydrogen) atoms. The third kappa shape index (κ3) is 2.54. The smallest absolute Gasteiger partial charge is 0.144 e. The molecule has 0 radical (unpaired) electrons. The van der Waals surface area contributed by atoms with Gasteiger partial charge in [0.25, 0.3) is 0 Å². The molecule has 1 saturated heterocycles. The Morgan fingerprint density at radius 1 is 1.11 bits per heavy atom. The zero-order chi connectivity index (χ0) is 11.6. The van der Waals surface area contributed by atoms with Crippen molar-refractivity contribution in [3.05, 3.63) is 35.9 Å². The highest BCUT2D eigenvalue weighted by Crippen LogP contribution is 2.34. The molecule has 0 amide bonds. The molecule has 98 valence electrons. The van der Waals surface area contributed by atoms with Gasteiger partial charge in [-0.1, -0.05) is 35.5 Å². The van der Waals surface area contributed by atoms with Gasteiger partial charge in [-0.15, -0.1) is 0 Å². The Balaban J connectivity index is 0.00000120. The van der Waals surface area contributed by atoms with Crippen molar-refractivity contribution in [2.45, 2.75) is 31.3 Å². The first-order valence-corrected chi connectivity index (χ1v) is 6.39. The Labute approximate surface area is 108 Å². The van der Waals surface area contributed by atoms with Crippen LogP contribution in [0, 0.1) is 0 Å². The fourth-order valence-corrected chi connectivity index (χ4v) is 2.68. The van der Waals surface area contributed by atoms with Crippen LogP contribution in [0.15, 0.2) is 35.5 Å². The Bertz CT molecular complexity index is 408. The van der Waals surface area contributed by atoms with Gasteiger partial charge in [0.1, 0.15) is 5.60 Å². The number of hydrogen-bond acceptors (Lipinski definition) is 4. The molecule has 1 fully saturated rings. The molecule has 0 aliphatic carbocycles. The fourth-order valence-electron chi connectivity index (χ4n) is 2.68. The van der Waals surface area contributed by atoms with Crippen molar-refractivity contribution in [2.75, 3.05) is 13.1 Å². The van der Waals surface area contributed by atoms with Gasteiger partial charge < -0.3 is 16.3 Å². The number of rotatable bonds is 1. The van der Waals surface area contributed by atoms with E-state index in [0.717, 1.165) is 38.1 Å². The molecule has 4 nitrogen and oxygen atoms in total. The maximum atomic E-state index is 5.78. The summed E-state index contributed by atoms with van der Waals surface area (Å²) in [7, 11) is 0. The van der Waals surface area contributed by atoms with Crippen LogP contribution in [0.2, 0.25) is 0 Å². The van der Waals surface area contributed by atoms with E-state index in [2.05, 4.69) is 34.7 Å². The third-order valence-corrected chi connectivity index (χ3v) is 3.69. The minimum Gasteiger partial charge on any atom is -0.389 e. The van der Waals surface area contributed by atoms with E-state index in [1.165, 1.54) is 12.0 Å². The summed E-state index contributed by atoms with van der Waals surface area (Å²) in [5.74, 6) is 0. The summed E-state index contributed by atoms with van der Waals surface area (Å²) >= 11 is 0. The van der Waals surface area contributed by atoms with Gasteiger partial charge in [-0.3, -0.25) is 0 Å². The fraction of sp³-hybridized carbons (Fsp3) is 0.500. The summed E-state index contributed by atoms with van der Waals surface area (Å²) in [5, 5.41) is 7.74. The summed E-state index contributed by atoms with van der Waals surface area (Å²) in [5.41, 5.74) is 2.27. The van der Waals surface area contributed by atoms with Crippen LogP contribution in [0.5, 0.6) is 0 Å². The van der Waals surface area contributed by atoms with E-state index in [0.29, 0.717) is 0 Å². The lowest BCUT2D eigenvalue weighted by Gasteiger charge is -2.24. The second-order valence-corrected chi connectivity index (χ2v) is 4.96. The second-order valence-electron chi connectivity index (χ2n) is 4.96. The summed E-state index contributed by atoms with van der Waals surface area (Å²) < 4.78 is 0. The van der Waals surface area contributed by atoms with Crippen LogP contribution in [0.4, 0.5) is 0 Å². The number of nitrogens with zero attached hydrogens (tertiary/aromatic N) is 1. The number of benzene rings is 1. The minimum absolute atomic E-state index is 0. The molecule has 4 heteroatoms. The quantitative estimate of drug-likeness (QED) is 0.801. The van der Waals surface area contributed by atoms with Crippen molar-refractivity contribution in [3.63, 3.8) is 0 Å². The van der Waals surface area contributed by atoms with Crippen LogP contribution in [-0.2, 0) is 4.84 Å². The Kier molecular flexibility index (Phi) is 3.99. The van der Waals surface area contributed by atoms with E-state index in [-0.39, 0.29) is 11.8 Å². The van der Waals surface area contributed by atoms with Gasteiger partial charge >= 0.3 is 0 Å². The van der Waals surface area contributed by atoms with Crippen LogP contribution in [-0.4, -0.2) is 24.4 Å². The molecule has 3 rings (SSSR count). The summed E-state index contributed by atoms with van der Waals surface area (Å²) in [4.78, 5) is 5.78. The van der Waals surface area contributed by atoms with Gasteiger partial charge in [0.15, 0.2) is 0 Å². The number of oxime groups is 1. The summed E-state index contributed by atoms with van der Waals surface area (Å²) in [6.45, 7) is 2.14. The topological polar surface area (TPSA) is 68.6 Å². The highest BCUT2D eigenvalue weighted by Gasteiger charge is 2.39. The summed E-state index contributed by atoms with van der Waals surface area (Å²) in [6.07, 6.45) is 4.31. The van der Waals surface area contributed by atoms with E-state index in [1.807, 2.05) is 6.07 Å². The van der Waals surface area contributed by atoms with E-state index in [4.69, 9.17) is 4.84 Å². The van der Waals surface area contributed by atoms with Crippen LogP contribution in [0.3, 0.4) is 0 Å². The zero-order valence-electron chi connectivity index (χ0n) is 10.7. The first-order chi connectivity index (χ1) is 8.38. The monoisotopic (exact) mass is 247 g/mol. The zero-order valence-corrected chi connectivity index (χ0v) is 10.7. The Hall–Kier alpha value is -1.39. The van der Waals surface area contributed by atoms with Crippen molar-refractivity contribution < 1.29 is 4.84 Å². The van der Waals surface area contributed by atoms with Gasteiger partial charge in [-0.2, -0.15) is 0 Å². The lowest BCUT2D eigenvalue weighted by Crippen LogP contribution is -2.30. The molecular formula is C14H21N3O. The van der Waals surface area contributed by atoms with Gasteiger partial charge in [0.2, 0.25) is 0 Å². The second kappa shape index (κ2) is 5.50. The van der Waals surface area contributed by atoms with Crippen molar-refractivity contribution >= 4 is 5.71 Å². The lowest BCUT2D eigenvalue weighted by atomic mass is 9.88. The maximum absolute atomic E-state index is 5.78. The standard InChI is InChI=1S/C14H18N2O.H3N/c1-2-5-12(6-3-1)13-11-14(17-16-13)7-4-9-15-10-8-14;/h1-3,5-6,15H,4,7-11H2;1H3. The molecule has 1 unspecified atom stereocenters. The van der Waals surface area contributed by atoms with Crippen molar-refractivity contribution in [2.24, 2.45) is 5.16 Å².